The summed E-state index contributed by atoms with van der Waals surface area (Å²) >= 11 is 0. The Labute approximate surface area is 116 Å². The average molecular weight is 279 g/mol. The lowest BCUT2D eigenvalue weighted by Gasteiger charge is -2.41. The van der Waals surface area contributed by atoms with Gasteiger partial charge in [-0.05, 0) is 38.3 Å². The summed E-state index contributed by atoms with van der Waals surface area (Å²) in [6, 6.07) is 3.56. The van der Waals surface area contributed by atoms with Gasteiger partial charge in [0.05, 0.1) is 0 Å². The summed E-state index contributed by atoms with van der Waals surface area (Å²) < 4.78 is 0. The van der Waals surface area contributed by atoms with Gasteiger partial charge < -0.3 is 20.2 Å². The Morgan fingerprint density at radius 1 is 1.15 bits per heavy atom. The van der Waals surface area contributed by atoms with E-state index in [1.54, 1.807) is 0 Å². The van der Waals surface area contributed by atoms with Gasteiger partial charge in [0, 0.05) is 18.2 Å². The minimum atomic E-state index is -1.25. The lowest BCUT2D eigenvalue weighted by molar-refractivity contribution is -0.150. The van der Waals surface area contributed by atoms with Crippen LogP contribution in [0.4, 0.5) is 0 Å². The zero-order chi connectivity index (χ0) is 14.9. The van der Waals surface area contributed by atoms with E-state index in [9.17, 15) is 24.9 Å². The van der Waals surface area contributed by atoms with Crippen LogP contribution in [0.2, 0.25) is 0 Å². The minimum Gasteiger partial charge on any atom is -0.508 e. The normalized spacial score (nSPS) is 22.6. The highest BCUT2D eigenvalue weighted by molar-refractivity contribution is 5.98. The summed E-state index contributed by atoms with van der Waals surface area (Å²) in [5, 5.41) is 28.2. The molecule has 1 saturated heterocycles. The Morgan fingerprint density at radius 2 is 1.75 bits per heavy atom. The van der Waals surface area contributed by atoms with Gasteiger partial charge in [-0.1, -0.05) is 0 Å². The maximum Gasteiger partial charge on any atom is 0.329 e. The summed E-state index contributed by atoms with van der Waals surface area (Å²) in [5.41, 5.74) is -1.17. The maximum atomic E-state index is 12.5. The van der Waals surface area contributed by atoms with Crippen molar-refractivity contribution in [2.24, 2.45) is 0 Å². The van der Waals surface area contributed by atoms with Crippen molar-refractivity contribution in [1.82, 2.24) is 4.90 Å². The zero-order valence-corrected chi connectivity index (χ0v) is 11.2. The Hall–Kier alpha value is -2.24. The van der Waals surface area contributed by atoms with Crippen molar-refractivity contribution < 1.29 is 24.9 Å². The van der Waals surface area contributed by atoms with E-state index in [1.165, 1.54) is 24.0 Å². The number of aliphatic carboxylic acids is 1. The van der Waals surface area contributed by atoms with Gasteiger partial charge >= 0.3 is 5.97 Å². The van der Waals surface area contributed by atoms with E-state index in [4.69, 9.17) is 0 Å². The van der Waals surface area contributed by atoms with Gasteiger partial charge in [0.2, 0.25) is 0 Å². The van der Waals surface area contributed by atoms with E-state index < -0.39 is 17.4 Å². The minimum absolute atomic E-state index is 0.0804. The number of likely N-dealkylation sites (tertiary alicyclic amines) is 1. The molecule has 1 amide bonds. The molecule has 1 atom stereocenters. The van der Waals surface area contributed by atoms with E-state index >= 15 is 0 Å². The van der Waals surface area contributed by atoms with E-state index in [0.717, 1.165) is 18.9 Å². The van der Waals surface area contributed by atoms with E-state index in [-0.39, 0.29) is 17.1 Å². The Bertz CT molecular complexity index is 536. The lowest BCUT2D eigenvalue weighted by atomic mass is 9.88. The number of hydrogen-bond acceptors (Lipinski definition) is 4. The van der Waals surface area contributed by atoms with Crippen LogP contribution in [0, 0.1) is 0 Å². The summed E-state index contributed by atoms with van der Waals surface area (Å²) in [7, 11) is 0. The molecule has 6 heteroatoms. The second kappa shape index (κ2) is 5.03. The summed E-state index contributed by atoms with van der Waals surface area (Å²) in [6.07, 6.45) is 1.87. The van der Waals surface area contributed by atoms with Crippen LogP contribution in [-0.4, -0.2) is 44.2 Å². The van der Waals surface area contributed by atoms with Crippen LogP contribution in [-0.2, 0) is 4.79 Å². The van der Waals surface area contributed by atoms with Crippen LogP contribution < -0.4 is 0 Å². The number of piperidine rings is 1. The topological polar surface area (TPSA) is 98.1 Å². The van der Waals surface area contributed by atoms with Crippen molar-refractivity contribution in [1.29, 1.82) is 0 Å². The van der Waals surface area contributed by atoms with E-state index in [2.05, 4.69) is 0 Å². The monoisotopic (exact) mass is 279 g/mol. The quantitative estimate of drug-likeness (QED) is 0.763. The number of aromatic hydroxyl groups is 2. The number of rotatable bonds is 2. The Morgan fingerprint density at radius 3 is 2.30 bits per heavy atom. The first-order chi connectivity index (χ1) is 9.34. The largest absolute Gasteiger partial charge is 0.508 e. The fraction of sp³-hybridized carbons (Fsp3) is 0.429. The standard InChI is InChI=1S/C14H17NO5/c1-14(13(19)20)4-2-3-5-15(14)12(18)9-6-10(16)8-11(17)7-9/h6-8,16-17H,2-5H2,1H3,(H,19,20). The van der Waals surface area contributed by atoms with E-state index in [1.807, 2.05) is 0 Å². The van der Waals surface area contributed by atoms with Crippen LogP contribution in [0.1, 0.15) is 36.5 Å². The maximum absolute atomic E-state index is 12.5. The van der Waals surface area contributed by atoms with Crippen molar-refractivity contribution in [3.05, 3.63) is 23.8 Å². The number of carboxylic acid groups (broad SMARTS) is 1. The van der Waals surface area contributed by atoms with Crippen LogP contribution in [0.25, 0.3) is 0 Å². The molecular formula is C14H17NO5. The fourth-order valence-corrected chi connectivity index (χ4v) is 2.54. The van der Waals surface area contributed by atoms with Gasteiger partial charge in [-0.25, -0.2) is 4.79 Å². The predicted octanol–water partition coefficient (Wildman–Crippen LogP) is 1.57. The summed E-state index contributed by atoms with van der Waals surface area (Å²) in [4.78, 5) is 25.2. The molecule has 1 aliphatic rings. The number of phenols is 2. The first-order valence-corrected chi connectivity index (χ1v) is 6.43. The number of phenolic OH excluding ortho intramolecular Hbond substituents is 2. The molecule has 20 heavy (non-hydrogen) atoms. The van der Waals surface area contributed by atoms with Crippen molar-refractivity contribution in [3.63, 3.8) is 0 Å². The third kappa shape index (κ3) is 2.41. The lowest BCUT2D eigenvalue weighted by Crippen LogP contribution is -2.57. The molecule has 6 nitrogen and oxygen atoms in total. The molecular weight excluding hydrogens is 262 g/mol. The molecule has 0 bridgehead atoms. The van der Waals surface area contributed by atoms with Crippen molar-refractivity contribution in [2.45, 2.75) is 31.7 Å². The Kier molecular flexibility index (Phi) is 3.57. The van der Waals surface area contributed by atoms with Gasteiger partial charge in [0.1, 0.15) is 17.0 Å². The van der Waals surface area contributed by atoms with Crippen LogP contribution in [0.5, 0.6) is 11.5 Å². The third-order valence-corrected chi connectivity index (χ3v) is 3.75. The third-order valence-electron chi connectivity index (χ3n) is 3.75. The first kappa shape index (κ1) is 14.2. The highest BCUT2D eigenvalue weighted by atomic mass is 16.4. The SMILES string of the molecule is CC1(C(=O)O)CCCCN1C(=O)c1cc(O)cc(O)c1. The Balaban J connectivity index is 2.37. The molecule has 0 aromatic heterocycles. The fourth-order valence-electron chi connectivity index (χ4n) is 2.54. The highest BCUT2D eigenvalue weighted by Gasteiger charge is 2.44. The summed E-state index contributed by atoms with van der Waals surface area (Å²) in [6.45, 7) is 1.87. The molecule has 1 aromatic carbocycles. The summed E-state index contributed by atoms with van der Waals surface area (Å²) in [5.74, 6) is -2.01. The highest BCUT2D eigenvalue weighted by Crippen LogP contribution is 2.31. The van der Waals surface area contributed by atoms with Crippen LogP contribution >= 0.6 is 0 Å². The number of hydrogen-bond donors (Lipinski definition) is 3. The molecule has 1 fully saturated rings. The number of carbonyl (C=O) groups excluding carboxylic acids is 1. The van der Waals surface area contributed by atoms with Gasteiger partial charge in [-0.3, -0.25) is 4.79 Å². The molecule has 108 valence electrons. The van der Waals surface area contributed by atoms with Crippen molar-refractivity contribution >= 4 is 11.9 Å². The molecule has 3 N–H and O–H groups in total. The van der Waals surface area contributed by atoms with Gasteiger partial charge in [0.15, 0.2) is 0 Å². The molecule has 0 aliphatic carbocycles. The molecule has 2 rings (SSSR count). The predicted molar refractivity (Wildman–Crippen MR) is 70.7 cm³/mol. The molecule has 0 radical (unpaired) electrons. The van der Waals surface area contributed by atoms with Crippen LogP contribution in [0.3, 0.4) is 0 Å². The molecule has 0 spiro atoms. The average Bonchev–Trinajstić information content (AvgIpc) is 2.37. The number of benzene rings is 1. The number of nitrogens with zero attached hydrogens (tertiary/aromatic N) is 1. The van der Waals surface area contributed by atoms with Crippen molar-refractivity contribution in [3.8, 4) is 11.5 Å². The molecule has 1 aromatic rings. The second-order valence-corrected chi connectivity index (χ2v) is 5.23. The van der Waals surface area contributed by atoms with Crippen molar-refractivity contribution in [2.75, 3.05) is 6.54 Å². The number of carbonyl (C=O) groups is 2. The van der Waals surface area contributed by atoms with Gasteiger partial charge in [0.25, 0.3) is 5.91 Å². The first-order valence-electron chi connectivity index (χ1n) is 6.43. The smallest absolute Gasteiger partial charge is 0.329 e. The second-order valence-electron chi connectivity index (χ2n) is 5.23. The van der Waals surface area contributed by atoms with Crippen LogP contribution in [0.15, 0.2) is 18.2 Å². The van der Waals surface area contributed by atoms with Gasteiger partial charge in [-0.2, -0.15) is 0 Å². The molecule has 1 unspecified atom stereocenters. The number of carboxylic acids is 1. The molecule has 1 aliphatic heterocycles. The van der Waals surface area contributed by atoms with Gasteiger partial charge in [-0.15, -0.1) is 0 Å². The molecule has 0 saturated carbocycles. The van der Waals surface area contributed by atoms with E-state index in [0.29, 0.717) is 13.0 Å². The molecule has 1 heterocycles. The number of amides is 1. The zero-order valence-electron chi connectivity index (χ0n) is 11.2.